The summed E-state index contributed by atoms with van der Waals surface area (Å²) in [5.74, 6) is 0. The van der Waals surface area contributed by atoms with E-state index in [-0.39, 0.29) is 5.56 Å². The minimum absolute atomic E-state index is 0.0974. The Bertz CT molecular complexity index is 1080. The van der Waals surface area contributed by atoms with Crippen LogP contribution < -0.4 is 10.5 Å². The number of pyridine rings is 1. The number of H-pyrrole nitrogens is 1. The Balaban J connectivity index is 1.28. The topological polar surface area (TPSA) is 59.6 Å². The fourth-order valence-corrected chi connectivity index (χ4v) is 4.17. The van der Waals surface area contributed by atoms with E-state index >= 15 is 0 Å². The second-order valence-electron chi connectivity index (χ2n) is 8.30. The molecule has 0 spiro atoms. The summed E-state index contributed by atoms with van der Waals surface area (Å²) in [7, 11) is 0. The first-order chi connectivity index (χ1) is 15.1. The monoisotopic (exact) mass is 417 g/mol. The van der Waals surface area contributed by atoms with Crippen LogP contribution in [0.1, 0.15) is 24.5 Å². The van der Waals surface area contributed by atoms with E-state index in [4.69, 9.17) is 0 Å². The molecule has 2 aromatic carbocycles. The molecule has 162 valence electrons. The number of piperazine rings is 1. The van der Waals surface area contributed by atoms with Crippen molar-refractivity contribution < 1.29 is 5.11 Å². The smallest absolute Gasteiger partial charge is 0.248 e. The number of aromatic amines is 1. The molecule has 1 saturated heterocycles. The van der Waals surface area contributed by atoms with Crippen molar-refractivity contribution in [1.29, 1.82) is 0 Å². The Morgan fingerprint density at radius 1 is 1.03 bits per heavy atom. The largest absolute Gasteiger partial charge is 0.388 e. The van der Waals surface area contributed by atoms with Gasteiger partial charge in [0.25, 0.3) is 0 Å². The zero-order valence-electron chi connectivity index (χ0n) is 18.1. The normalized spacial score (nSPS) is 16.3. The second kappa shape index (κ2) is 9.94. The van der Waals surface area contributed by atoms with Gasteiger partial charge in [0.15, 0.2) is 0 Å². The van der Waals surface area contributed by atoms with Gasteiger partial charge in [0.2, 0.25) is 5.56 Å². The molecule has 3 aromatic rings. The second-order valence-corrected chi connectivity index (χ2v) is 8.30. The minimum atomic E-state index is -0.508. The molecule has 1 fully saturated rings. The van der Waals surface area contributed by atoms with Crippen LogP contribution in [-0.4, -0.2) is 53.8 Å². The molecule has 0 amide bonds. The van der Waals surface area contributed by atoms with Crippen LogP contribution in [0.2, 0.25) is 0 Å². The van der Waals surface area contributed by atoms with Gasteiger partial charge >= 0.3 is 0 Å². The Morgan fingerprint density at radius 2 is 1.81 bits per heavy atom. The summed E-state index contributed by atoms with van der Waals surface area (Å²) in [6.07, 6.45) is 5.61. The summed E-state index contributed by atoms with van der Waals surface area (Å²) in [6.45, 7) is 6.71. The number of aromatic nitrogens is 1. The molecule has 2 heterocycles. The molecule has 0 unspecified atom stereocenters. The van der Waals surface area contributed by atoms with Gasteiger partial charge in [0, 0.05) is 50.0 Å². The maximum atomic E-state index is 11.4. The molecule has 0 aliphatic carbocycles. The van der Waals surface area contributed by atoms with Crippen molar-refractivity contribution in [3.05, 3.63) is 82.2 Å². The van der Waals surface area contributed by atoms with E-state index in [9.17, 15) is 9.90 Å². The number of aryl methyl sites for hydroxylation is 1. The number of β-amino-alcohol motifs (C(OH)–C–C–N with tert-alkyl or cyclic N) is 1. The quantitative estimate of drug-likeness (QED) is 0.616. The number of benzene rings is 2. The summed E-state index contributed by atoms with van der Waals surface area (Å²) in [4.78, 5) is 19.0. The number of fused-ring (bicyclic) bond motifs is 1. The third-order valence-corrected chi connectivity index (χ3v) is 5.92. The van der Waals surface area contributed by atoms with E-state index < -0.39 is 6.10 Å². The van der Waals surface area contributed by atoms with Gasteiger partial charge in [0.1, 0.15) is 0 Å². The SMILES string of the molecule is CCCc1ccc(N2CCN(C[C@@H](O)C=Cc3ccc4[nH]c(=O)ccc4c3)CC2)cc1. The van der Waals surface area contributed by atoms with Crippen molar-refractivity contribution in [3.63, 3.8) is 0 Å². The molecule has 1 atom stereocenters. The Kier molecular flexibility index (Phi) is 6.85. The molecular weight excluding hydrogens is 386 g/mol. The predicted molar refractivity (Wildman–Crippen MR) is 129 cm³/mol. The zero-order chi connectivity index (χ0) is 21.6. The first-order valence-corrected chi connectivity index (χ1v) is 11.2. The van der Waals surface area contributed by atoms with Gasteiger partial charge in [-0.25, -0.2) is 0 Å². The van der Waals surface area contributed by atoms with Crippen molar-refractivity contribution in [2.45, 2.75) is 25.9 Å². The van der Waals surface area contributed by atoms with Gasteiger partial charge in [-0.1, -0.05) is 43.7 Å². The lowest BCUT2D eigenvalue weighted by molar-refractivity contribution is 0.142. The number of hydrogen-bond acceptors (Lipinski definition) is 4. The van der Waals surface area contributed by atoms with Gasteiger partial charge in [-0.15, -0.1) is 0 Å². The average Bonchev–Trinajstić information content (AvgIpc) is 2.79. The van der Waals surface area contributed by atoms with Crippen LogP contribution in [0.4, 0.5) is 5.69 Å². The summed E-state index contributed by atoms with van der Waals surface area (Å²) < 4.78 is 0. The third-order valence-electron chi connectivity index (χ3n) is 5.92. The van der Waals surface area contributed by atoms with Crippen molar-refractivity contribution in [2.75, 3.05) is 37.6 Å². The van der Waals surface area contributed by atoms with E-state index in [2.05, 4.69) is 46.0 Å². The predicted octanol–water partition coefficient (Wildman–Crippen LogP) is 3.68. The summed E-state index contributed by atoms with van der Waals surface area (Å²) in [5, 5.41) is 11.5. The number of aliphatic hydroxyl groups is 1. The zero-order valence-corrected chi connectivity index (χ0v) is 18.1. The van der Waals surface area contributed by atoms with Crippen LogP contribution in [0, 0.1) is 0 Å². The molecular formula is C26H31N3O2. The number of nitrogens with one attached hydrogen (secondary N) is 1. The maximum absolute atomic E-state index is 11.4. The third kappa shape index (κ3) is 5.63. The molecule has 31 heavy (non-hydrogen) atoms. The van der Waals surface area contributed by atoms with E-state index in [1.54, 1.807) is 0 Å². The molecule has 0 saturated carbocycles. The minimum Gasteiger partial charge on any atom is -0.388 e. The summed E-state index contributed by atoms with van der Waals surface area (Å²) >= 11 is 0. The van der Waals surface area contributed by atoms with Crippen LogP contribution in [0.25, 0.3) is 17.0 Å². The fraction of sp³-hybridized carbons (Fsp3) is 0.346. The number of hydrogen-bond donors (Lipinski definition) is 2. The highest BCUT2D eigenvalue weighted by Crippen LogP contribution is 2.18. The number of anilines is 1. The van der Waals surface area contributed by atoms with E-state index in [0.29, 0.717) is 6.54 Å². The van der Waals surface area contributed by atoms with Crippen molar-refractivity contribution in [3.8, 4) is 0 Å². The highest BCUT2D eigenvalue weighted by atomic mass is 16.3. The van der Waals surface area contributed by atoms with Gasteiger partial charge in [0.05, 0.1) is 6.10 Å². The van der Waals surface area contributed by atoms with Gasteiger partial charge in [-0.05, 0) is 53.3 Å². The van der Waals surface area contributed by atoms with Crippen LogP contribution >= 0.6 is 0 Å². The highest BCUT2D eigenvalue weighted by molar-refractivity contribution is 5.81. The van der Waals surface area contributed by atoms with E-state index in [0.717, 1.165) is 49.1 Å². The first-order valence-electron chi connectivity index (χ1n) is 11.2. The summed E-state index contributed by atoms with van der Waals surface area (Å²) in [5.41, 5.74) is 4.43. The van der Waals surface area contributed by atoms with E-state index in [1.807, 2.05) is 36.4 Å². The molecule has 0 radical (unpaired) electrons. The van der Waals surface area contributed by atoms with Crippen molar-refractivity contribution >= 4 is 22.7 Å². The lowest BCUT2D eigenvalue weighted by Gasteiger charge is -2.36. The Hall–Kier alpha value is -2.89. The fourth-order valence-electron chi connectivity index (χ4n) is 4.17. The highest BCUT2D eigenvalue weighted by Gasteiger charge is 2.18. The van der Waals surface area contributed by atoms with Crippen LogP contribution in [-0.2, 0) is 6.42 Å². The molecule has 2 N–H and O–H groups in total. The standard InChI is InChI=1S/C26H31N3O2/c1-2-3-20-4-9-23(10-5-20)29-16-14-28(15-17-29)19-24(30)11-6-21-7-12-25-22(18-21)8-13-26(31)27-25/h4-13,18,24,30H,2-3,14-17,19H2,1H3,(H,27,31)/t24-/m0/s1. The van der Waals surface area contributed by atoms with Crippen LogP contribution in [0.5, 0.6) is 0 Å². The first kappa shape index (κ1) is 21.3. The van der Waals surface area contributed by atoms with E-state index in [1.165, 1.54) is 23.7 Å². The molecule has 5 nitrogen and oxygen atoms in total. The van der Waals surface area contributed by atoms with Crippen LogP contribution in [0.15, 0.2) is 65.5 Å². The molecule has 1 aliphatic rings. The molecule has 1 aromatic heterocycles. The molecule has 5 heteroatoms. The Labute approximate surface area is 183 Å². The lowest BCUT2D eigenvalue weighted by atomic mass is 10.1. The van der Waals surface area contributed by atoms with Crippen LogP contribution in [0.3, 0.4) is 0 Å². The average molecular weight is 418 g/mol. The van der Waals surface area contributed by atoms with Gasteiger partial charge < -0.3 is 15.0 Å². The Morgan fingerprint density at radius 3 is 2.55 bits per heavy atom. The number of rotatable bonds is 7. The number of nitrogens with zero attached hydrogens (tertiary/aromatic N) is 2. The van der Waals surface area contributed by atoms with Crippen molar-refractivity contribution in [1.82, 2.24) is 9.88 Å². The summed E-state index contributed by atoms with van der Waals surface area (Å²) in [6, 6.07) is 18.2. The molecule has 0 bridgehead atoms. The lowest BCUT2D eigenvalue weighted by Crippen LogP contribution is -2.48. The molecule has 1 aliphatic heterocycles. The van der Waals surface area contributed by atoms with Gasteiger partial charge in [-0.2, -0.15) is 0 Å². The molecule has 4 rings (SSSR count). The maximum Gasteiger partial charge on any atom is 0.248 e. The van der Waals surface area contributed by atoms with Gasteiger partial charge in [-0.3, -0.25) is 9.69 Å². The van der Waals surface area contributed by atoms with Crippen molar-refractivity contribution in [2.24, 2.45) is 0 Å². The number of aliphatic hydroxyl groups excluding tert-OH is 1.